The first-order chi connectivity index (χ1) is 13.3. The fourth-order valence-corrected chi connectivity index (χ4v) is 3.20. The van der Waals surface area contributed by atoms with Crippen LogP contribution >= 0.6 is 0 Å². The van der Waals surface area contributed by atoms with Gasteiger partial charge in [-0.1, -0.05) is 0 Å². The van der Waals surface area contributed by atoms with Crippen LogP contribution in [0.25, 0.3) is 5.82 Å². The first-order valence-corrected chi connectivity index (χ1v) is 8.66. The Labute approximate surface area is 162 Å². The topological polar surface area (TPSA) is 98.4 Å². The number of aromatic nitrogens is 3. The van der Waals surface area contributed by atoms with Gasteiger partial charge in [-0.15, -0.1) is 0 Å². The monoisotopic (exact) mass is 382 g/mol. The van der Waals surface area contributed by atoms with E-state index in [-0.39, 0.29) is 18.1 Å². The van der Waals surface area contributed by atoms with Crippen LogP contribution in [0.3, 0.4) is 0 Å². The zero-order valence-corrected chi connectivity index (χ0v) is 16.2. The third kappa shape index (κ3) is 3.67. The van der Waals surface area contributed by atoms with Crippen molar-refractivity contribution in [3.8, 4) is 5.82 Å². The summed E-state index contributed by atoms with van der Waals surface area (Å²) in [7, 11) is 3.29. The lowest BCUT2D eigenvalue weighted by molar-refractivity contribution is 0.0696. The van der Waals surface area contributed by atoms with E-state index in [1.54, 1.807) is 17.8 Å². The molecule has 8 nitrogen and oxygen atoms in total. The van der Waals surface area contributed by atoms with Crippen LogP contribution in [-0.4, -0.2) is 38.4 Å². The van der Waals surface area contributed by atoms with Crippen molar-refractivity contribution in [2.45, 2.75) is 20.5 Å². The molecule has 0 aliphatic heterocycles. The summed E-state index contributed by atoms with van der Waals surface area (Å²) < 4.78 is 8.67. The van der Waals surface area contributed by atoms with Gasteiger partial charge in [0.2, 0.25) is 0 Å². The van der Waals surface area contributed by atoms with Crippen molar-refractivity contribution in [3.05, 3.63) is 64.6 Å². The SMILES string of the molecule is COCc1cc(NC(=O)c2cnn(C)c2-n2c(C)ccc2C)cc(C(=O)O)c1. The molecule has 0 bridgehead atoms. The molecule has 0 atom stereocenters. The number of aryl methyl sites for hydroxylation is 3. The molecule has 2 N–H and O–H groups in total. The summed E-state index contributed by atoms with van der Waals surface area (Å²) in [4.78, 5) is 24.3. The minimum atomic E-state index is -1.07. The maximum Gasteiger partial charge on any atom is 0.335 e. The van der Waals surface area contributed by atoms with E-state index in [1.165, 1.54) is 25.4 Å². The summed E-state index contributed by atoms with van der Waals surface area (Å²) in [6, 6.07) is 8.57. The predicted molar refractivity (Wildman–Crippen MR) is 104 cm³/mol. The molecule has 0 aliphatic carbocycles. The Morgan fingerprint density at radius 2 is 1.86 bits per heavy atom. The maximum atomic E-state index is 13.0. The van der Waals surface area contributed by atoms with Gasteiger partial charge in [-0.25, -0.2) is 4.79 Å². The van der Waals surface area contributed by atoms with Crippen LogP contribution in [0.2, 0.25) is 0 Å². The fourth-order valence-electron chi connectivity index (χ4n) is 3.20. The number of carboxylic acid groups (broad SMARTS) is 1. The van der Waals surface area contributed by atoms with E-state index in [4.69, 9.17) is 4.74 Å². The lowest BCUT2D eigenvalue weighted by Gasteiger charge is -2.13. The van der Waals surface area contributed by atoms with Gasteiger partial charge in [0.1, 0.15) is 11.4 Å². The van der Waals surface area contributed by atoms with E-state index in [0.717, 1.165) is 11.4 Å². The molecule has 3 rings (SSSR count). The van der Waals surface area contributed by atoms with Crippen molar-refractivity contribution in [2.75, 3.05) is 12.4 Å². The average Bonchev–Trinajstić information content (AvgIpc) is 3.16. The Morgan fingerprint density at radius 3 is 2.46 bits per heavy atom. The lowest BCUT2D eigenvalue weighted by atomic mass is 10.1. The molecule has 28 heavy (non-hydrogen) atoms. The van der Waals surface area contributed by atoms with Gasteiger partial charge in [-0.05, 0) is 49.7 Å². The molecule has 0 saturated carbocycles. The highest BCUT2D eigenvalue weighted by Gasteiger charge is 2.20. The van der Waals surface area contributed by atoms with Gasteiger partial charge in [-0.2, -0.15) is 5.10 Å². The number of nitrogens with zero attached hydrogens (tertiary/aromatic N) is 3. The quantitative estimate of drug-likeness (QED) is 0.683. The van der Waals surface area contributed by atoms with Crippen LogP contribution < -0.4 is 5.32 Å². The van der Waals surface area contributed by atoms with Crippen LogP contribution in [0, 0.1) is 13.8 Å². The Hall–Kier alpha value is -3.39. The summed E-state index contributed by atoms with van der Waals surface area (Å²) in [6.45, 7) is 4.15. The number of methoxy groups -OCH3 is 1. The van der Waals surface area contributed by atoms with Gasteiger partial charge in [0.25, 0.3) is 5.91 Å². The molecule has 0 spiro atoms. The van der Waals surface area contributed by atoms with Crippen LogP contribution in [0.5, 0.6) is 0 Å². The third-order valence-corrected chi connectivity index (χ3v) is 4.44. The Bertz CT molecular complexity index is 1030. The number of aromatic carboxylic acids is 1. The number of carbonyl (C=O) groups is 2. The summed E-state index contributed by atoms with van der Waals surface area (Å²) in [6.07, 6.45) is 1.50. The number of rotatable bonds is 6. The highest BCUT2D eigenvalue weighted by Crippen LogP contribution is 2.22. The van der Waals surface area contributed by atoms with E-state index in [0.29, 0.717) is 22.6 Å². The molecule has 0 saturated heterocycles. The van der Waals surface area contributed by atoms with Gasteiger partial charge >= 0.3 is 5.97 Å². The molecule has 1 amide bonds. The Balaban J connectivity index is 1.98. The summed E-state index contributed by atoms with van der Waals surface area (Å²) in [5.41, 5.74) is 3.46. The molecule has 8 heteroatoms. The second kappa shape index (κ2) is 7.69. The Kier molecular flexibility index (Phi) is 5.32. The fraction of sp³-hybridized carbons (Fsp3) is 0.250. The molecule has 2 aromatic heterocycles. The molecule has 0 unspecified atom stereocenters. The largest absolute Gasteiger partial charge is 0.478 e. The zero-order valence-electron chi connectivity index (χ0n) is 16.2. The lowest BCUT2D eigenvalue weighted by Crippen LogP contribution is -2.17. The molecule has 146 valence electrons. The highest BCUT2D eigenvalue weighted by atomic mass is 16.5. The van der Waals surface area contributed by atoms with Gasteiger partial charge in [0.05, 0.1) is 18.4 Å². The van der Waals surface area contributed by atoms with Crippen LogP contribution in [0.1, 0.15) is 37.7 Å². The minimum Gasteiger partial charge on any atom is -0.478 e. The molecule has 3 aromatic rings. The molecular weight excluding hydrogens is 360 g/mol. The summed E-state index contributed by atoms with van der Waals surface area (Å²) in [5.74, 6) is -0.806. The van der Waals surface area contributed by atoms with Crippen molar-refractivity contribution >= 4 is 17.6 Å². The number of carbonyl (C=O) groups excluding carboxylic acids is 1. The van der Waals surface area contributed by atoms with E-state index < -0.39 is 5.97 Å². The molecule has 0 fully saturated rings. The van der Waals surface area contributed by atoms with Gasteiger partial charge < -0.3 is 19.7 Å². The maximum absolute atomic E-state index is 13.0. The van der Waals surface area contributed by atoms with E-state index in [9.17, 15) is 14.7 Å². The second-order valence-corrected chi connectivity index (χ2v) is 6.57. The van der Waals surface area contributed by atoms with E-state index >= 15 is 0 Å². The summed E-state index contributed by atoms with van der Waals surface area (Å²) >= 11 is 0. The first kappa shape index (κ1) is 19.4. The molecule has 0 aliphatic rings. The predicted octanol–water partition coefficient (Wildman–Crippen LogP) is 2.92. The van der Waals surface area contributed by atoms with Gasteiger partial charge in [0.15, 0.2) is 0 Å². The van der Waals surface area contributed by atoms with Crippen LogP contribution in [0.15, 0.2) is 36.5 Å². The minimum absolute atomic E-state index is 0.0772. The average molecular weight is 382 g/mol. The van der Waals surface area contributed by atoms with Crippen LogP contribution in [0.4, 0.5) is 5.69 Å². The molecule has 1 aromatic carbocycles. The van der Waals surface area contributed by atoms with E-state index in [1.807, 2.05) is 30.5 Å². The smallest absolute Gasteiger partial charge is 0.335 e. The highest BCUT2D eigenvalue weighted by molar-refractivity contribution is 6.06. The number of carboxylic acids is 1. The normalized spacial score (nSPS) is 10.9. The second-order valence-electron chi connectivity index (χ2n) is 6.57. The van der Waals surface area contributed by atoms with Crippen molar-refractivity contribution < 1.29 is 19.4 Å². The number of hydrogen-bond donors (Lipinski definition) is 2. The third-order valence-electron chi connectivity index (χ3n) is 4.44. The molecule has 2 heterocycles. The number of ether oxygens (including phenoxy) is 1. The van der Waals surface area contributed by atoms with Gasteiger partial charge in [-0.3, -0.25) is 9.48 Å². The number of benzene rings is 1. The molecular formula is C20H22N4O4. The van der Waals surface area contributed by atoms with Gasteiger partial charge in [0, 0.05) is 31.2 Å². The number of amides is 1. The van der Waals surface area contributed by atoms with Crippen molar-refractivity contribution in [3.63, 3.8) is 0 Å². The van der Waals surface area contributed by atoms with Crippen molar-refractivity contribution in [2.24, 2.45) is 7.05 Å². The summed E-state index contributed by atoms with van der Waals surface area (Å²) in [5, 5.41) is 16.3. The number of anilines is 1. The van der Waals surface area contributed by atoms with Crippen LogP contribution in [-0.2, 0) is 18.4 Å². The standard InChI is InChI=1S/C20H22N4O4/c1-12-5-6-13(2)24(12)19-17(10-21-23(19)3)18(25)22-16-8-14(11-28-4)7-15(9-16)20(26)27/h5-10H,11H2,1-4H3,(H,22,25)(H,26,27). The molecule has 0 radical (unpaired) electrons. The number of nitrogens with one attached hydrogen (secondary N) is 1. The Morgan fingerprint density at radius 1 is 1.18 bits per heavy atom. The zero-order chi connectivity index (χ0) is 20.4. The van der Waals surface area contributed by atoms with E-state index in [2.05, 4.69) is 10.4 Å². The van der Waals surface area contributed by atoms with Crippen molar-refractivity contribution in [1.82, 2.24) is 14.3 Å². The van der Waals surface area contributed by atoms with Crippen molar-refractivity contribution in [1.29, 1.82) is 0 Å². The first-order valence-electron chi connectivity index (χ1n) is 8.66. The number of hydrogen-bond acceptors (Lipinski definition) is 4.